The summed E-state index contributed by atoms with van der Waals surface area (Å²) in [5.41, 5.74) is 2.03. The van der Waals surface area contributed by atoms with Crippen molar-refractivity contribution in [3.05, 3.63) is 46.2 Å². The molecule has 132 valence electrons. The Morgan fingerprint density at radius 1 is 1.24 bits per heavy atom. The van der Waals surface area contributed by atoms with Crippen LogP contribution in [0, 0.1) is 0 Å². The number of thiazole rings is 1. The van der Waals surface area contributed by atoms with Gasteiger partial charge in [-0.2, -0.15) is 0 Å². The first kappa shape index (κ1) is 18.4. The molecule has 4 nitrogen and oxygen atoms in total. The van der Waals surface area contributed by atoms with E-state index in [1.54, 1.807) is 23.1 Å². The summed E-state index contributed by atoms with van der Waals surface area (Å²) in [5, 5.41) is 13.5. The van der Waals surface area contributed by atoms with E-state index in [9.17, 15) is 0 Å². The zero-order chi connectivity index (χ0) is 17.8. The van der Waals surface area contributed by atoms with Crippen molar-refractivity contribution >= 4 is 34.7 Å². The molecule has 2 aromatic heterocycles. The van der Waals surface area contributed by atoms with Crippen LogP contribution in [0.25, 0.3) is 10.6 Å². The van der Waals surface area contributed by atoms with Crippen molar-refractivity contribution in [3.8, 4) is 10.6 Å². The summed E-state index contributed by atoms with van der Waals surface area (Å²) in [7, 11) is 0. The average molecular weight is 393 g/mol. The topological polar surface area (TPSA) is 43.6 Å². The molecule has 0 unspecified atom stereocenters. The van der Waals surface area contributed by atoms with Gasteiger partial charge in [0.1, 0.15) is 10.8 Å². The quantitative estimate of drug-likeness (QED) is 0.471. The van der Waals surface area contributed by atoms with Crippen molar-refractivity contribution in [2.75, 3.05) is 0 Å². The Morgan fingerprint density at radius 3 is 2.76 bits per heavy atom. The number of halogens is 1. The van der Waals surface area contributed by atoms with Gasteiger partial charge in [-0.1, -0.05) is 62.3 Å². The molecule has 0 bridgehead atoms. The van der Waals surface area contributed by atoms with E-state index in [2.05, 4.69) is 40.9 Å². The van der Waals surface area contributed by atoms with Crippen molar-refractivity contribution in [2.45, 2.75) is 50.6 Å². The van der Waals surface area contributed by atoms with Crippen LogP contribution in [-0.2, 0) is 12.3 Å². The second kappa shape index (κ2) is 8.34. The van der Waals surface area contributed by atoms with E-state index in [4.69, 9.17) is 16.6 Å². The third-order valence-corrected chi connectivity index (χ3v) is 5.97. The zero-order valence-electron chi connectivity index (χ0n) is 14.6. The summed E-state index contributed by atoms with van der Waals surface area (Å²) in [6.45, 7) is 7.43. The van der Waals surface area contributed by atoms with Crippen LogP contribution >= 0.6 is 34.7 Å². The molecule has 1 aromatic carbocycles. The van der Waals surface area contributed by atoms with Crippen LogP contribution in [0.5, 0.6) is 0 Å². The Bertz CT molecular complexity index is 841. The van der Waals surface area contributed by atoms with Crippen molar-refractivity contribution in [1.82, 2.24) is 19.7 Å². The summed E-state index contributed by atoms with van der Waals surface area (Å²) in [6, 6.07) is 7.82. The van der Waals surface area contributed by atoms with Gasteiger partial charge in [0.25, 0.3) is 0 Å². The smallest absolute Gasteiger partial charge is 0.191 e. The molecule has 0 aliphatic rings. The molecule has 0 saturated carbocycles. The highest BCUT2D eigenvalue weighted by Gasteiger charge is 2.15. The van der Waals surface area contributed by atoms with Crippen molar-refractivity contribution < 1.29 is 0 Å². The lowest BCUT2D eigenvalue weighted by Gasteiger charge is -2.10. The molecule has 0 fully saturated rings. The Morgan fingerprint density at radius 2 is 2.04 bits per heavy atom. The second-order valence-electron chi connectivity index (χ2n) is 6.06. The molecule has 0 atom stereocenters. The third-order valence-electron chi connectivity index (χ3n) is 3.71. The van der Waals surface area contributed by atoms with Crippen LogP contribution in [0.2, 0.25) is 5.02 Å². The predicted molar refractivity (Wildman–Crippen MR) is 107 cm³/mol. The summed E-state index contributed by atoms with van der Waals surface area (Å²) in [6.07, 6.45) is 1.07. The van der Waals surface area contributed by atoms with Crippen LogP contribution in [0.1, 0.15) is 44.6 Å². The predicted octanol–water partition coefficient (Wildman–Crippen LogP) is 5.88. The Labute approximate surface area is 161 Å². The van der Waals surface area contributed by atoms with Gasteiger partial charge in [0.05, 0.1) is 10.7 Å². The number of aromatic nitrogens is 4. The van der Waals surface area contributed by atoms with Crippen LogP contribution in [0.4, 0.5) is 0 Å². The lowest BCUT2D eigenvalue weighted by Crippen LogP contribution is -2.06. The molecule has 0 aliphatic carbocycles. The highest BCUT2D eigenvalue weighted by molar-refractivity contribution is 7.98. The maximum atomic E-state index is 6.27. The first-order valence-corrected chi connectivity index (χ1v) is 10.6. The summed E-state index contributed by atoms with van der Waals surface area (Å²) >= 11 is 9.59. The number of nitrogens with zero attached hydrogens (tertiary/aromatic N) is 4. The molecule has 3 rings (SSSR count). The Kier molecular flexibility index (Phi) is 6.15. The van der Waals surface area contributed by atoms with Gasteiger partial charge < -0.3 is 4.57 Å². The largest absolute Gasteiger partial charge is 0.306 e. The van der Waals surface area contributed by atoms with Gasteiger partial charge in [0.2, 0.25) is 0 Å². The maximum Gasteiger partial charge on any atom is 0.191 e. The Balaban J connectivity index is 1.74. The number of thioether (sulfide) groups is 1. The number of benzene rings is 1. The molecule has 0 amide bonds. The van der Waals surface area contributed by atoms with E-state index in [0.717, 1.165) is 51.0 Å². The Hall–Kier alpha value is -1.37. The van der Waals surface area contributed by atoms with Crippen LogP contribution in [-0.4, -0.2) is 19.7 Å². The summed E-state index contributed by atoms with van der Waals surface area (Å²) in [5.74, 6) is 2.21. The monoisotopic (exact) mass is 392 g/mol. The molecule has 0 spiro atoms. The minimum atomic E-state index is 0.375. The molecule has 7 heteroatoms. The molecule has 0 radical (unpaired) electrons. The van der Waals surface area contributed by atoms with E-state index < -0.39 is 0 Å². The van der Waals surface area contributed by atoms with Crippen molar-refractivity contribution in [3.63, 3.8) is 0 Å². The SMILES string of the molecule is CCCn1c(SCc2csc(-c3ccccc3Cl)n2)nnc1C(C)C. The van der Waals surface area contributed by atoms with Crippen molar-refractivity contribution in [1.29, 1.82) is 0 Å². The van der Waals surface area contributed by atoms with E-state index >= 15 is 0 Å². The molecule has 3 aromatic rings. The van der Waals surface area contributed by atoms with Gasteiger partial charge in [0, 0.05) is 29.2 Å². The minimum absolute atomic E-state index is 0.375. The average Bonchev–Trinajstić information content (AvgIpc) is 3.21. The molecule has 2 heterocycles. The highest BCUT2D eigenvalue weighted by atomic mass is 35.5. The van der Waals surface area contributed by atoms with E-state index in [-0.39, 0.29) is 0 Å². The molecule has 0 saturated heterocycles. The first-order valence-electron chi connectivity index (χ1n) is 8.35. The van der Waals surface area contributed by atoms with Crippen molar-refractivity contribution in [2.24, 2.45) is 0 Å². The molecule has 25 heavy (non-hydrogen) atoms. The van der Waals surface area contributed by atoms with Gasteiger partial charge in [0.15, 0.2) is 5.16 Å². The lowest BCUT2D eigenvalue weighted by atomic mass is 10.2. The van der Waals surface area contributed by atoms with Gasteiger partial charge >= 0.3 is 0 Å². The molecule has 0 aliphatic heterocycles. The first-order chi connectivity index (χ1) is 12.1. The van der Waals surface area contributed by atoms with Crippen LogP contribution in [0.3, 0.4) is 0 Å². The lowest BCUT2D eigenvalue weighted by molar-refractivity contribution is 0.572. The van der Waals surface area contributed by atoms with Gasteiger partial charge in [-0.05, 0) is 12.5 Å². The summed E-state index contributed by atoms with van der Waals surface area (Å²) < 4.78 is 2.23. The molecular formula is C18H21ClN4S2. The van der Waals surface area contributed by atoms with E-state index in [1.165, 1.54) is 0 Å². The number of rotatable bonds is 7. The van der Waals surface area contributed by atoms with Crippen LogP contribution in [0.15, 0.2) is 34.8 Å². The fraction of sp³-hybridized carbons (Fsp3) is 0.389. The minimum Gasteiger partial charge on any atom is -0.306 e. The fourth-order valence-corrected chi connectivity index (χ4v) is 4.65. The van der Waals surface area contributed by atoms with E-state index in [1.807, 2.05) is 24.3 Å². The third kappa shape index (κ3) is 4.25. The molecule has 0 N–H and O–H groups in total. The fourth-order valence-electron chi connectivity index (χ4n) is 2.54. The molecular weight excluding hydrogens is 372 g/mol. The second-order valence-corrected chi connectivity index (χ2v) is 8.27. The van der Waals surface area contributed by atoms with Crippen LogP contribution < -0.4 is 0 Å². The number of hydrogen-bond acceptors (Lipinski definition) is 5. The van der Waals surface area contributed by atoms with Gasteiger partial charge in [-0.3, -0.25) is 0 Å². The van der Waals surface area contributed by atoms with E-state index in [0.29, 0.717) is 5.92 Å². The number of hydrogen-bond donors (Lipinski definition) is 0. The standard InChI is InChI=1S/C18H21ClN4S2/c1-4-9-23-16(12(2)3)21-22-18(23)25-11-13-10-24-17(20-13)14-7-5-6-8-15(14)19/h5-8,10,12H,4,9,11H2,1-3H3. The summed E-state index contributed by atoms with van der Waals surface area (Å²) in [4.78, 5) is 4.73. The highest BCUT2D eigenvalue weighted by Crippen LogP contribution is 2.32. The normalized spacial score (nSPS) is 11.4. The van der Waals surface area contributed by atoms with Gasteiger partial charge in [-0.25, -0.2) is 4.98 Å². The van der Waals surface area contributed by atoms with Gasteiger partial charge in [-0.15, -0.1) is 21.5 Å². The zero-order valence-corrected chi connectivity index (χ0v) is 17.0. The maximum absolute atomic E-state index is 6.27.